The summed E-state index contributed by atoms with van der Waals surface area (Å²) in [4.78, 5) is 24.5. The number of hydrogen-bond acceptors (Lipinski definition) is 6. The number of halogens is 3. The predicted molar refractivity (Wildman–Crippen MR) is 169 cm³/mol. The van der Waals surface area contributed by atoms with Crippen molar-refractivity contribution in [3.05, 3.63) is 159 Å². The van der Waals surface area contributed by atoms with Crippen molar-refractivity contribution in [2.45, 2.75) is 4.90 Å². The van der Waals surface area contributed by atoms with Gasteiger partial charge in [0.1, 0.15) is 11.9 Å². The van der Waals surface area contributed by atoms with Crippen LogP contribution in [0.2, 0.25) is 10.0 Å². The van der Waals surface area contributed by atoms with Crippen molar-refractivity contribution in [3.63, 3.8) is 0 Å². The lowest BCUT2D eigenvalue weighted by Crippen LogP contribution is -2.16. The Morgan fingerprint density at radius 3 is 1.80 bits per heavy atom. The van der Waals surface area contributed by atoms with Gasteiger partial charge in [-0.3, -0.25) is 14.3 Å². The molecule has 0 radical (unpaired) electrons. The molecule has 0 aromatic heterocycles. The number of nitrogens with two attached hydrogens (primary N) is 1. The van der Waals surface area contributed by atoms with Crippen molar-refractivity contribution in [1.82, 2.24) is 0 Å². The minimum absolute atomic E-state index is 0.0239. The van der Waals surface area contributed by atoms with Crippen LogP contribution in [0, 0.1) is 17.1 Å². The maximum absolute atomic E-state index is 13.5. The summed E-state index contributed by atoms with van der Waals surface area (Å²) in [5, 5.41) is 9.66. The Kier molecular flexibility index (Phi) is 10.1. The van der Waals surface area contributed by atoms with Crippen LogP contribution < -0.4 is 10.5 Å². The van der Waals surface area contributed by atoms with Crippen molar-refractivity contribution in [1.29, 1.82) is 5.26 Å². The SMILES string of the molecule is N#Cc1cc(S(=O)(=O)Nc2cc(Cl)ccc2C(=O)c2ccccc2)ccc1F.Nc1cc(Cl)ccc1C(=O)c1ccccc1. The van der Waals surface area contributed by atoms with Crippen LogP contribution in [0.5, 0.6) is 0 Å². The van der Waals surface area contributed by atoms with Gasteiger partial charge in [0, 0.05) is 38.0 Å². The highest BCUT2D eigenvalue weighted by Gasteiger charge is 2.21. The average Bonchev–Trinajstić information content (AvgIpc) is 3.01. The van der Waals surface area contributed by atoms with Gasteiger partial charge in [0.2, 0.25) is 0 Å². The molecule has 5 rings (SSSR count). The Morgan fingerprint density at radius 2 is 1.25 bits per heavy atom. The molecule has 0 unspecified atom stereocenters. The van der Waals surface area contributed by atoms with E-state index in [9.17, 15) is 22.4 Å². The van der Waals surface area contributed by atoms with Crippen molar-refractivity contribution in [2.24, 2.45) is 0 Å². The van der Waals surface area contributed by atoms with Gasteiger partial charge in [-0.2, -0.15) is 5.26 Å². The van der Waals surface area contributed by atoms with Crippen LogP contribution in [0.4, 0.5) is 15.8 Å². The number of nitrogens with zero attached hydrogens (tertiary/aromatic N) is 1. The highest BCUT2D eigenvalue weighted by atomic mass is 35.5. The van der Waals surface area contributed by atoms with Gasteiger partial charge in [-0.05, 0) is 54.6 Å². The van der Waals surface area contributed by atoms with Crippen molar-refractivity contribution < 1.29 is 22.4 Å². The number of anilines is 2. The molecule has 0 fully saturated rings. The summed E-state index contributed by atoms with van der Waals surface area (Å²) in [6.45, 7) is 0. The zero-order valence-electron chi connectivity index (χ0n) is 22.7. The van der Waals surface area contributed by atoms with Gasteiger partial charge in [-0.1, -0.05) is 83.9 Å². The van der Waals surface area contributed by atoms with E-state index < -0.39 is 27.2 Å². The molecule has 0 aliphatic rings. The molecule has 7 nitrogen and oxygen atoms in total. The summed E-state index contributed by atoms with van der Waals surface area (Å²) in [7, 11) is -4.20. The summed E-state index contributed by atoms with van der Waals surface area (Å²) >= 11 is 11.7. The summed E-state index contributed by atoms with van der Waals surface area (Å²) in [6, 6.07) is 30.9. The van der Waals surface area contributed by atoms with Gasteiger partial charge in [0.05, 0.1) is 16.1 Å². The molecule has 5 aromatic carbocycles. The topological polar surface area (TPSA) is 130 Å². The monoisotopic (exact) mass is 645 g/mol. The van der Waals surface area contributed by atoms with Crippen LogP contribution in [-0.2, 0) is 10.0 Å². The molecule has 0 aliphatic heterocycles. The Balaban J connectivity index is 0.000000233. The van der Waals surface area contributed by atoms with Gasteiger partial charge in [-0.25, -0.2) is 12.8 Å². The van der Waals surface area contributed by atoms with E-state index in [1.165, 1.54) is 18.2 Å². The first kappa shape index (κ1) is 31.9. The predicted octanol–water partition coefficient (Wildman–Crippen LogP) is 7.54. The molecule has 11 heteroatoms. The van der Waals surface area contributed by atoms with Crippen LogP contribution in [-0.4, -0.2) is 20.0 Å². The number of nitrogens with one attached hydrogen (secondary N) is 1. The lowest BCUT2D eigenvalue weighted by molar-refractivity contribution is 0.103. The van der Waals surface area contributed by atoms with E-state index in [2.05, 4.69) is 4.72 Å². The molecule has 0 aliphatic carbocycles. The van der Waals surface area contributed by atoms with Crippen molar-refractivity contribution in [2.75, 3.05) is 10.5 Å². The number of nitriles is 1. The van der Waals surface area contributed by atoms with E-state index in [1.54, 1.807) is 66.7 Å². The first-order chi connectivity index (χ1) is 21.0. The Morgan fingerprint density at radius 1 is 0.727 bits per heavy atom. The highest BCUT2D eigenvalue weighted by molar-refractivity contribution is 7.92. The first-order valence-corrected chi connectivity index (χ1v) is 15.0. The normalized spacial score (nSPS) is 10.6. The van der Waals surface area contributed by atoms with Crippen LogP contribution >= 0.6 is 23.2 Å². The van der Waals surface area contributed by atoms with Crippen LogP contribution in [0.1, 0.15) is 37.4 Å². The van der Waals surface area contributed by atoms with E-state index in [-0.39, 0.29) is 27.0 Å². The minimum Gasteiger partial charge on any atom is -0.398 e. The van der Waals surface area contributed by atoms with E-state index >= 15 is 0 Å². The average molecular weight is 647 g/mol. The molecular formula is C33H22Cl2FN3O4S. The second-order valence-electron chi connectivity index (χ2n) is 9.17. The first-order valence-electron chi connectivity index (χ1n) is 12.8. The zero-order chi connectivity index (χ0) is 31.9. The molecule has 44 heavy (non-hydrogen) atoms. The number of nitrogen functional groups attached to an aromatic ring is 1. The summed E-state index contributed by atoms with van der Waals surface area (Å²) in [5.74, 6) is -1.31. The molecule has 0 amide bonds. The Bertz CT molecular complexity index is 2000. The molecular weight excluding hydrogens is 624 g/mol. The van der Waals surface area contributed by atoms with Gasteiger partial charge in [-0.15, -0.1) is 0 Å². The van der Waals surface area contributed by atoms with Crippen molar-refractivity contribution in [3.8, 4) is 6.07 Å². The van der Waals surface area contributed by atoms with Crippen LogP contribution in [0.25, 0.3) is 0 Å². The van der Waals surface area contributed by atoms with E-state index in [1.807, 2.05) is 18.2 Å². The zero-order valence-corrected chi connectivity index (χ0v) is 25.0. The lowest BCUT2D eigenvalue weighted by atomic mass is 10.0. The maximum Gasteiger partial charge on any atom is 0.261 e. The number of rotatable bonds is 7. The smallest absolute Gasteiger partial charge is 0.261 e. The molecule has 5 aromatic rings. The minimum atomic E-state index is -4.20. The fourth-order valence-electron chi connectivity index (χ4n) is 3.99. The molecule has 0 atom stereocenters. The van der Waals surface area contributed by atoms with Crippen LogP contribution in [0.15, 0.2) is 120 Å². The molecule has 0 saturated carbocycles. The largest absolute Gasteiger partial charge is 0.398 e. The van der Waals surface area contributed by atoms with Gasteiger partial charge in [0.25, 0.3) is 10.0 Å². The van der Waals surface area contributed by atoms with Gasteiger partial charge >= 0.3 is 0 Å². The number of sulfonamides is 1. The molecule has 0 heterocycles. The standard InChI is InChI=1S/C20H12ClFN2O3S.C13H10ClNO/c21-15-6-8-17(20(25)13-4-2-1-3-5-13)19(11-15)24-28(26,27)16-7-9-18(22)14(10-16)12-23;14-10-6-7-11(12(15)8-10)13(16)9-4-2-1-3-5-9/h1-11,24H;1-8H,15H2. The van der Waals surface area contributed by atoms with Gasteiger partial charge < -0.3 is 5.73 Å². The third-order valence-corrected chi connectivity index (χ3v) is 8.00. The third kappa shape index (κ3) is 7.68. The lowest BCUT2D eigenvalue weighted by Gasteiger charge is -2.13. The van der Waals surface area contributed by atoms with Gasteiger partial charge in [0.15, 0.2) is 11.6 Å². The third-order valence-electron chi connectivity index (χ3n) is 6.17. The summed E-state index contributed by atoms with van der Waals surface area (Å²) in [6.07, 6.45) is 0. The summed E-state index contributed by atoms with van der Waals surface area (Å²) < 4.78 is 41.2. The number of ketones is 2. The molecule has 0 bridgehead atoms. The molecule has 3 N–H and O–H groups in total. The molecule has 0 spiro atoms. The van der Waals surface area contributed by atoms with E-state index in [4.69, 9.17) is 34.2 Å². The Hall–Kier alpha value is -5.01. The van der Waals surface area contributed by atoms with E-state index in [0.717, 1.165) is 18.2 Å². The quantitative estimate of drug-likeness (QED) is 0.139. The number of carbonyl (C=O) groups excluding carboxylic acids is 2. The second kappa shape index (κ2) is 14.0. The number of hydrogen-bond donors (Lipinski definition) is 2. The highest BCUT2D eigenvalue weighted by Crippen LogP contribution is 2.27. The molecule has 220 valence electrons. The van der Waals surface area contributed by atoms with Crippen molar-refractivity contribution >= 4 is 56.2 Å². The summed E-state index contributed by atoms with van der Waals surface area (Å²) in [5.41, 5.74) is 7.30. The van der Waals surface area contributed by atoms with Crippen LogP contribution in [0.3, 0.4) is 0 Å². The number of benzene rings is 5. The number of carbonyl (C=O) groups is 2. The Labute approximate surface area is 263 Å². The molecule has 0 saturated heterocycles. The maximum atomic E-state index is 13.5. The fourth-order valence-corrected chi connectivity index (χ4v) is 5.44. The van der Waals surface area contributed by atoms with E-state index in [0.29, 0.717) is 27.4 Å². The second-order valence-corrected chi connectivity index (χ2v) is 11.7. The fraction of sp³-hybridized carbons (Fsp3) is 0.